The Kier molecular flexibility index (Phi) is 64.3. The van der Waals surface area contributed by atoms with Crippen LogP contribution in [-0.2, 0) is 28.6 Å². The first kappa shape index (κ1) is 76.1. The Morgan fingerprint density at radius 1 is 0.263 bits per heavy atom. The molecule has 458 valence electrons. The van der Waals surface area contributed by atoms with Gasteiger partial charge in [-0.25, -0.2) is 0 Å². The molecule has 0 saturated heterocycles. The van der Waals surface area contributed by atoms with Crippen LogP contribution in [-0.4, -0.2) is 37.2 Å². The van der Waals surface area contributed by atoms with Gasteiger partial charge in [-0.1, -0.05) is 310 Å². The minimum atomic E-state index is -0.781. The Balaban J connectivity index is 4.22. The summed E-state index contributed by atoms with van der Waals surface area (Å²) in [6.45, 7) is 6.43. The SMILES string of the molecule is CC/C=C\C/C=C\C/C=C\C/C=C\C/C=C\CCCCCCCCCCCC(=O)OC(COC(=O)CCCCCCCCCCCC)COC(=O)CCCCCCCCCCCCCCCC/C=C\C/C=C\C/C=C\C/C=C\CC. The van der Waals surface area contributed by atoms with Gasteiger partial charge in [0.15, 0.2) is 6.10 Å². The smallest absolute Gasteiger partial charge is 0.306 e. The molecule has 6 heteroatoms. The summed E-state index contributed by atoms with van der Waals surface area (Å²) in [5.74, 6) is -0.874. The van der Waals surface area contributed by atoms with Crippen molar-refractivity contribution in [2.24, 2.45) is 0 Å². The molecule has 0 amide bonds. The molecule has 80 heavy (non-hydrogen) atoms. The minimum absolute atomic E-state index is 0.0777. The Morgan fingerprint density at radius 3 is 0.762 bits per heavy atom. The Morgan fingerprint density at radius 2 is 0.487 bits per heavy atom. The molecule has 1 unspecified atom stereocenters. The summed E-state index contributed by atoms with van der Waals surface area (Å²) in [6, 6.07) is 0. The van der Waals surface area contributed by atoms with Crippen molar-refractivity contribution >= 4 is 17.9 Å². The Labute approximate surface area is 495 Å². The summed E-state index contributed by atoms with van der Waals surface area (Å²) < 4.78 is 16.9. The van der Waals surface area contributed by atoms with Gasteiger partial charge in [-0.15, -0.1) is 0 Å². The molecular formula is C74H126O6. The normalized spacial score (nSPS) is 12.8. The molecule has 0 aliphatic heterocycles. The summed E-state index contributed by atoms with van der Waals surface area (Å²) in [6.07, 6.45) is 92.5. The van der Waals surface area contributed by atoms with E-state index in [1.54, 1.807) is 0 Å². The number of carbonyl (C=O) groups excluding carboxylic acids is 3. The number of ether oxygens (including phenoxy) is 3. The summed E-state index contributed by atoms with van der Waals surface area (Å²) in [5.41, 5.74) is 0. The van der Waals surface area contributed by atoms with E-state index < -0.39 is 6.10 Å². The molecule has 0 bridgehead atoms. The van der Waals surface area contributed by atoms with Crippen LogP contribution in [0.1, 0.15) is 323 Å². The van der Waals surface area contributed by atoms with Crippen LogP contribution in [0, 0.1) is 0 Å². The van der Waals surface area contributed by atoms with Gasteiger partial charge in [0.2, 0.25) is 0 Å². The van der Waals surface area contributed by atoms with E-state index in [4.69, 9.17) is 14.2 Å². The molecule has 0 aliphatic carbocycles. The van der Waals surface area contributed by atoms with Crippen LogP contribution in [0.15, 0.2) is 109 Å². The predicted molar refractivity (Wildman–Crippen MR) is 348 cm³/mol. The number of esters is 3. The van der Waals surface area contributed by atoms with Crippen molar-refractivity contribution < 1.29 is 28.6 Å². The largest absolute Gasteiger partial charge is 0.462 e. The van der Waals surface area contributed by atoms with Crippen molar-refractivity contribution in [2.45, 2.75) is 329 Å². The molecule has 0 spiro atoms. The fourth-order valence-corrected chi connectivity index (χ4v) is 9.52. The number of rotatable bonds is 61. The monoisotopic (exact) mass is 1110 g/mol. The third-order valence-corrected chi connectivity index (χ3v) is 14.5. The van der Waals surface area contributed by atoms with E-state index >= 15 is 0 Å². The molecule has 6 nitrogen and oxygen atoms in total. The third kappa shape index (κ3) is 64.9. The van der Waals surface area contributed by atoms with Crippen molar-refractivity contribution in [3.05, 3.63) is 109 Å². The van der Waals surface area contributed by atoms with Crippen molar-refractivity contribution in [1.29, 1.82) is 0 Å². The molecular weight excluding hydrogens is 985 g/mol. The maximum Gasteiger partial charge on any atom is 0.306 e. The second kappa shape index (κ2) is 67.6. The van der Waals surface area contributed by atoms with Crippen LogP contribution >= 0.6 is 0 Å². The molecule has 0 rings (SSSR count). The minimum Gasteiger partial charge on any atom is -0.462 e. The van der Waals surface area contributed by atoms with Crippen LogP contribution in [0.25, 0.3) is 0 Å². The van der Waals surface area contributed by atoms with Crippen LogP contribution in [0.2, 0.25) is 0 Å². The van der Waals surface area contributed by atoms with E-state index in [2.05, 4.69) is 130 Å². The van der Waals surface area contributed by atoms with E-state index in [-0.39, 0.29) is 31.1 Å². The highest BCUT2D eigenvalue weighted by Crippen LogP contribution is 2.17. The molecule has 0 aromatic carbocycles. The standard InChI is InChI=1S/C74H126O6/c1-4-7-10-13-16-19-22-24-26-28-30-32-34-36-37-39-40-42-44-46-48-50-52-55-58-61-64-67-73(76)79-70-71(69-78-72(75)66-63-60-57-54-21-18-15-12-9-6-3)80-74(77)68-65-62-59-56-53-51-49-47-45-43-41-38-35-33-31-29-27-25-23-20-17-14-11-8-5-2/h7-8,10-11,16-17,19-20,24-27,30-33,38,41,71H,4-6,9,12-15,18,21-23,28-29,34-37,39-40,42-70H2,1-3H3/b10-7-,11-8-,19-16-,20-17-,26-24-,27-25-,32-30-,33-31-,41-38-. The van der Waals surface area contributed by atoms with Gasteiger partial charge in [0.05, 0.1) is 0 Å². The average Bonchev–Trinajstić information content (AvgIpc) is 3.46. The van der Waals surface area contributed by atoms with E-state index in [0.29, 0.717) is 19.3 Å². The lowest BCUT2D eigenvalue weighted by Crippen LogP contribution is -2.30. The van der Waals surface area contributed by atoms with Gasteiger partial charge in [-0.05, 0) is 103 Å². The van der Waals surface area contributed by atoms with Gasteiger partial charge in [0.1, 0.15) is 13.2 Å². The number of hydrogen-bond acceptors (Lipinski definition) is 6. The first-order valence-corrected chi connectivity index (χ1v) is 33.9. The maximum atomic E-state index is 12.9. The summed E-state index contributed by atoms with van der Waals surface area (Å²) in [7, 11) is 0. The van der Waals surface area contributed by atoms with Gasteiger partial charge in [0.25, 0.3) is 0 Å². The molecule has 0 saturated carbocycles. The topological polar surface area (TPSA) is 78.9 Å². The zero-order valence-corrected chi connectivity index (χ0v) is 52.6. The van der Waals surface area contributed by atoms with Gasteiger partial charge < -0.3 is 14.2 Å². The quantitative estimate of drug-likeness (QED) is 0.0261. The Hall–Kier alpha value is -3.93. The van der Waals surface area contributed by atoms with Crippen molar-refractivity contribution in [3.8, 4) is 0 Å². The van der Waals surface area contributed by atoms with Gasteiger partial charge in [-0.2, -0.15) is 0 Å². The molecule has 0 heterocycles. The molecule has 0 fully saturated rings. The average molecular weight is 1110 g/mol. The van der Waals surface area contributed by atoms with E-state index in [1.807, 2.05) is 0 Å². The zero-order valence-electron chi connectivity index (χ0n) is 52.6. The van der Waals surface area contributed by atoms with Crippen molar-refractivity contribution in [2.75, 3.05) is 13.2 Å². The number of allylic oxidation sites excluding steroid dienone is 18. The fourth-order valence-electron chi connectivity index (χ4n) is 9.52. The molecule has 0 N–H and O–H groups in total. The van der Waals surface area contributed by atoms with Crippen LogP contribution in [0.3, 0.4) is 0 Å². The maximum absolute atomic E-state index is 12.9. The highest BCUT2D eigenvalue weighted by atomic mass is 16.6. The number of unbranched alkanes of at least 4 members (excludes halogenated alkanes) is 32. The number of carbonyl (C=O) groups is 3. The van der Waals surface area contributed by atoms with Crippen LogP contribution in [0.4, 0.5) is 0 Å². The van der Waals surface area contributed by atoms with E-state index in [0.717, 1.165) is 122 Å². The fraction of sp³-hybridized carbons (Fsp3) is 0.716. The summed E-state index contributed by atoms with van der Waals surface area (Å²) >= 11 is 0. The molecule has 1 atom stereocenters. The first-order chi connectivity index (χ1) is 39.5. The van der Waals surface area contributed by atoms with Gasteiger partial charge in [0, 0.05) is 19.3 Å². The third-order valence-electron chi connectivity index (χ3n) is 14.5. The van der Waals surface area contributed by atoms with E-state index in [1.165, 1.54) is 161 Å². The zero-order chi connectivity index (χ0) is 57.8. The first-order valence-electron chi connectivity index (χ1n) is 33.9. The van der Waals surface area contributed by atoms with Crippen molar-refractivity contribution in [3.63, 3.8) is 0 Å². The molecule has 0 aliphatic rings. The summed E-state index contributed by atoms with van der Waals surface area (Å²) in [4.78, 5) is 38.3. The highest BCUT2D eigenvalue weighted by Gasteiger charge is 2.19. The van der Waals surface area contributed by atoms with Crippen LogP contribution in [0.5, 0.6) is 0 Å². The van der Waals surface area contributed by atoms with Crippen molar-refractivity contribution in [1.82, 2.24) is 0 Å². The molecule has 0 aromatic rings. The highest BCUT2D eigenvalue weighted by molar-refractivity contribution is 5.71. The van der Waals surface area contributed by atoms with Crippen LogP contribution < -0.4 is 0 Å². The number of hydrogen-bond donors (Lipinski definition) is 0. The van der Waals surface area contributed by atoms with Gasteiger partial charge >= 0.3 is 17.9 Å². The van der Waals surface area contributed by atoms with E-state index in [9.17, 15) is 14.4 Å². The second-order valence-corrected chi connectivity index (χ2v) is 22.3. The molecule has 0 aromatic heterocycles. The lowest BCUT2D eigenvalue weighted by atomic mass is 10.0. The van der Waals surface area contributed by atoms with Gasteiger partial charge in [-0.3, -0.25) is 14.4 Å². The second-order valence-electron chi connectivity index (χ2n) is 22.3. The molecule has 0 radical (unpaired) electrons. The lowest BCUT2D eigenvalue weighted by molar-refractivity contribution is -0.167. The predicted octanol–water partition coefficient (Wildman–Crippen LogP) is 23.4. The Bertz CT molecular complexity index is 1610. The summed E-state index contributed by atoms with van der Waals surface area (Å²) in [5, 5.41) is 0. The lowest BCUT2D eigenvalue weighted by Gasteiger charge is -2.18.